The molecule has 3 rings (SSSR count). The van der Waals surface area contributed by atoms with Gasteiger partial charge in [-0.05, 0) is 12.1 Å². The number of aliphatic hydroxyl groups is 1. The van der Waals surface area contributed by atoms with Gasteiger partial charge in [-0.2, -0.15) is 0 Å². The van der Waals surface area contributed by atoms with Gasteiger partial charge in [-0.3, -0.25) is 14.7 Å². The van der Waals surface area contributed by atoms with Crippen molar-refractivity contribution in [1.29, 1.82) is 0 Å². The summed E-state index contributed by atoms with van der Waals surface area (Å²) in [5.74, 6) is 0.117. The van der Waals surface area contributed by atoms with Crippen molar-refractivity contribution in [3.63, 3.8) is 0 Å². The molecule has 0 atom stereocenters. The minimum Gasteiger partial charge on any atom is -0.395 e. The summed E-state index contributed by atoms with van der Waals surface area (Å²) in [5, 5.41) is 11.7. The zero-order valence-corrected chi connectivity index (χ0v) is 13.7. The maximum Gasteiger partial charge on any atom is 0.228 e. The number of β-amino-alcohol motifs (C(OH)–C–C–N with tert-alkyl or cyclic N) is 1. The summed E-state index contributed by atoms with van der Waals surface area (Å²) >= 11 is 1.52. The predicted octanol–water partition coefficient (Wildman–Crippen LogP) is 0.884. The summed E-state index contributed by atoms with van der Waals surface area (Å²) < 4.78 is 0. The highest BCUT2D eigenvalue weighted by Crippen LogP contribution is 2.21. The van der Waals surface area contributed by atoms with Crippen molar-refractivity contribution in [2.45, 2.75) is 6.42 Å². The molecule has 0 spiro atoms. The van der Waals surface area contributed by atoms with Crippen LogP contribution >= 0.6 is 11.3 Å². The van der Waals surface area contributed by atoms with Crippen LogP contribution in [0.1, 0.15) is 5.69 Å². The normalized spacial score (nSPS) is 15.8. The molecule has 23 heavy (non-hydrogen) atoms. The van der Waals surface area contributed by atoms with E-state index in [0.717, 1.165) is 42.6 Å². The van der Waals surface area contributed by atoms with Gasteiger partial charge in [0.2, 0.25) is 5.91 Å². The highest BCUT2D eigenvalue weighted by molar-refractivity contribution is 7.13. The van der Waals surface area contributed by atoms with Crippen LogP contribution in [-0.2, 0) is 11.2 Å². The molecule has 1 aliphatic rings. The van der Waals surface area contributed by atoms with E-state index in [2.05, 4.69) is 14.9 Å². The number of hydrogen-bond donors (Lipinski definition) is 1. The van der Waals surface area contributed by atoms with Crippen LogP contribution in [0.5, 0.6) is 0 Å². The number of carbonyl (C=O) groups is 1. The van der Waals surface area contributed by atoms with E-state index in [4.69, 9.17) is 5.11 Å². The standard InChI is InChI=1S/C16H20N4O2S/c21-10-9-19-5-7-20(8-6-19)15(22)11-13-12-23-16(18-13)14-3-1-2-4-17-14/h1-4,12,21H,5-11H2. The second-order valence-corrected chi connectivity index (χ2v) is 6.34. The smallest absolute Gasteiger partial charge is 0.228 e. The molecule has 6 nitrogen and oxygen atoms in total. The molecule has 1 N–H and O–H groups in total. The van der Waals surface area contributed by atoms with Crippen LogP contribution in [0.2, 0.25) is 0 Å². The minimum atomic E-state index is 0.117. The van der Waals surface area contributed by atoms with E-state index < -0.39 is 0 Å². The van der Waals surface area contributed by atoms with Crippen LogP contribution in [0.25, 0.3) is 10.7 Å². The van der Waals surface area contributed by atoms with Crippen molar-refractivity contribution in [3.8, 4) is 10.7 Å². The highest BCUT2D eigenvalue weighted by atomic mass is 32.1. The maximum atomic E-state index is 12.4. The Kier molecular flexibility index (Phi) is 5.32. The number of rotatable bonds is 5. The van der Waals surface area contributed by atoms with Crippen molar-refractivity contribution in [2.24, 2.45) is 0 Å². The second kappa shape index (κ2) is 7.63. The van der Waals surface area contributed by atoms with Gasteiger partial charge in [-0.25, -0.2) is 4.98 Å². The number of piperazine rings is 1. The Morgan fingerprint density at radius 1 is 1.26 bits per heavy atom. The van der Waals surface area contributed by atoms with E-state index in [0.29, 0.717) is 13.0 Å². The highest BCUT2D eigenvalue weighted by Gasteiger charge is 2.21. The lowest BCUT2D eigenvalue weighted by molar-refractivity contribution is -0.132. The molecule has 0 unspecified atom stereocenters. The van der Waals surface area contributed by atoms with E-state index in [1.54, 1.807) is 6.20 Å². The quantitative estimate of drug-likeness (QED) is 0.880. The number of aromatic nitrogens is 2. The summed E-state index contributed by atoms with van der Waals surface area (Å²) in [6.07, 6.45) is 2.08. The van der Waals surface area contributed by atoms with Crippen molar-refractivity contribution in [3.05, 3.63) is 35.5 Å². The first-order chi connectivity index (χ1) is 11.3. The summed E-state index contributed by atoms with van der Waals surface area (Å²) in [7, 11) is 0. The largest absolute Gasteiger partial charge is 0.395 e. The lowest BCUT2D eigenvalue weighted by Gasteiger charge is -2.34. The van der Waals surface area contributed by atoms with Crippen molar-refractivity contribution in [2.75, 3.05) is 39.3 Å². The SMILES string of the molecule is O=C(Cc1csc(-c2ccccn2)n1)N1CCN(CCO)CC1. The van der Waals surface area contributed by atoms with Gasteiger partial charge < -0.3 is 10.0 Å². The Bertz CT molecular complexity index is 639. The Morgan fingerprint density at radius 2 is 2.09 bits per heavy atom. The third-order valence-electron chi connectivity index (χ3n) is 3.91. The van der Waals surface area contributed by atoms with E-state index in [1.165, 1.54) is 11.3 Å². The van der Waals surface area contributed by atoms with Crippen LogP contribution in [0, 0.1) is 0 Å². The molecular weight excluding hydrogens is 312 g/mol. The van der Waals surface area contributed by atoms with Gasteiger partial charge >= 0.3 is 0 Å². The van der Waals surface area contributed by atoms with Gasteiger partial charge in [0, 0.05) is 44.3 Å². The molecule has 0 aromatic carbocycles. The molecule has 1 fully saturated rings. The molecule has 1 aliphatic heterocycles. The Hall–Kier alpha value is -1.83. The lowest BCUT2D eigenvalue weighted by atomic mass is 10.2. The molecule has 1 amide bonds. The van der Waals surface area contributed by atoms with Gasteiger partial charge in [-0.1, -0.05) is 6.07 Å². The summed E-state index contributed by atoms with van der Waals surface area (Å²) in [5.41, 5.74) is 1.65. The molecule has 3 heterocycles. The third kappa shape index (κ3) is 4.13. The third-order valence-corrected chi connectivity index (χ3v) is 4.82. The maximum absolute atomic E-state index is 12.4. The molecule has 1 saturated heterocycles. The second-order valence-electron chi connectivity index (χ2n) is 5.48. The zero-order chi connectivity index (χ0) is 16.1. The molecule has 122 valence electrons. The minimum absolute atomic E-state index is 0.117. The first-order valence-electron chi connectivity index (χ1n) is 7.73. The van der Waals surface area contributed by atoms with Gasteiger partial charge in [0.05, 0.1) is 24.4 Å². The molecule has 7 heteroatoms. The number of aliphatic hydroxyl groups excluding tert-OH is 1. The van der Waals surface area contributed by atoms with Crippen LogP contribution in [0.15, 0.2) is 29.8 Å². The first kappa shape index (κ1) is 16.0. The molecule has 0 bridgehead atoms. The molecule has 0 radical (unpaired) electrons. The van der Waals surface area contributed by atoms with E-state index in [9.17, 15) is 4.79 Å². The fourth-order valence-electron chi connectivity index (χ4n) is 2.62. The van der Waals surface area contributed by atoms with Gasteiger partial charge in [0.1, 0.15) is 5.01 Å². The summed E-state index contributed by atoms with van der Waals surface area (Å²) in [6, 6.07) is 5.73. The van der Waals surface area contributed by atoms with E-state index >= 15 is 0 Å². The topological polar surface area (TPSA) is 69.6 Å². The molecule has 2 aromatic heterocycles. The van der Waals surface area contributed by atoms with Crippen LogP contribution in [-0.4, -0.2) is 70.1 Å². The van der Waals surface area contributed by atoms with Gasteiger partial charge in [-0.15, -0.1) is 11.3 Å². The Labute approximate surface area is 139 Å². The van der Waals surface area contributed by atoms with Crippen molar-refractivity contribution >= 4 is 17.2 Å². The van der Waals surface area contributed by atoms with Crippen LogP contribution in [0.3, 0.4) is 0 Å². The number of hydrogen-bond acceptors (Lipinski definition) is 6. The number of pyridine rings is 1. The summed E-state index contributed by atoms with van der Waals surface area (Å²) in [4.78, 5) is 25.2. The summed E-state index contributed by atoms with van der Waals surface area (Å²) in [6.45, 7) is 3.93. The lowest BCUT2D eigenvalue weighted by Crippen LogP contribution is -2.49. The first-order valence-corrected chi connectivity index (χ1v) is 8.61. The number of amides is 1. The average Bonchev–Trinajstić information content (AvgIpc) is 3.05. The van der Waals surface area contributed by atoms with Gasteiger partial charge in [0.15, 0.2) is 0 Å². The predicted molar refractivity (Wildman–Crippen MR) is 89.2 cm³/mol. The average molecular weight is 332 g/mol. The molecule has 2 aromatic rings. The zero-order valence-electron chi connectivity index (χ0n) is 12.9. The van der Waals surface area contributed by atoms with Crippen LogP contribution in [0.4, 0.5) is 0 Å². The Balaban J connectivity index is 1.56. The Morgan fingerprint density at radius 3 is 2.78 bits per heavy atom. The number of nitrogens with zero attached hydrogens (tertiary/aromatic N) is 4. The molecular formula is C16H20N4O2S. The number of thiazole rings is 1. The van der Waals surface area contributed by atoms with E-state index in [-0.39, 0.29) is 12.5 Å². The monoisotopic (exact) mass is 332 g/mol. The fraction of sp³-hybridized carbons (Fsp3) is 0.438. The van der Waals surface area contributed by atoms with Gasteiger partial charge in [0.25, 0.3) is 0 Å². The molecule has 0 saturated carbocycles. The molecule has 0 aliphatic carbocycles. The number of carbonyl (C=O) groups excluding carboxylic acids is 1. The van der Waals surface area contributed by atoms with E-state index in [1.807, 2.05) is 28.5 Å². The van der Waals surface area contributed by atoms with Crippen molar-refractivity contribution in [1.82, 2.24) is 19.8 Å². The van der Waals surface area contributed by atoms with Crippen LogP contribution < -0.4 is 0 Å². The van der Waals surface area contributed by atoms with Crippen molar-refractivity contribution < 1.29 is 9.90 Å². The fourth-order valence-corrected chi connectivity index (χ4v) is 3.42.